The molecule has 1 saturated heterocycles. The third-order valence-electron chi connectivity index (χ3n) is 5.20. The maximum Gasteiger partial charge on any atom is 0.257 e. The second-order valence-electron chi connectivity index (χ2n) is 7.07. The number of aromatic nitrogens is 2. The van der Waals surface area contributed by atoms with Crippen LogP contribution in [0.25, 0.3) is 5.52 Å². The van der Waals surface area contributed by atoms with Crippen LogP contribution in [0.4, 0.5) is 0 Å². The molecular weight excluding hydrogens is 338 g/mol. The summed E-state index contributed by atoms with van der Waals surface area (Å²) in [4.78, 5) is 27.1. The van der Waals surface area contributed by atoms with Crippen LogP contribution in [-0.2, 0) is 6.42 Å². The van der Waals surface area contributed by atoms with Crippen molar-refractivity contribution in [3.8, 4) is 0 Å². The molecule has 0 atom stereocenters. The fraction of sp³-hybridized carbons (Fsp3) is 0.318. The maximum absolute atomic E-state index is 12.9. The summed E-state index contributed by atoms with van der Waals surface area (Å²) < 4.78 is 1.74. The third kappa shape index (κ3) is 3.77. The molecule has 2 aromatic heterocycles. The number of carbonyl (C=O) groups excluding carboxylic acids is 2. The molecule has 1 aliphatic rings. The topological polar surface area (TPSA) is 54.7 Å². The van der Waals surface area contributed by atoms with Crippen LogP contribution < -0.4 is 0 Å². The van der Waals surface area contributed by atoms with E-state index < -0.39 is 0 Å². The van der Waals surface area contributed by atoms with E-state index in [1.807, 2.05) is 53.6 Å². The number of ketones is 1. The number of hydrogen-bond acceptors (Lipinski definition) is 3. The van der Waals surface area contributed by atoms with Crippen molar-refractivity contribution in [2.45, 2.75) is 32.1 Å². The number of piperidine rings is 1. The summed E-state index contributed by atoms with van der Waals surface area (Å²) in [6, 6.07) is 13.3. The van der Waals surface area contributed by atoms with E-state index in [1.165, 1.54) is 6.42 Å². The fourth-order valence-electron chi connectivity index (χ4n) is 3.64. The van der Waals surface area contributed by atoms with Crippen molar-refractivity contribution in [3.63, 3.8) is 0 Å². The van der Waals surface area contributed by atoms with Crippen molar-refractivity contribution in [1.29, 1.82) is 0 Å². The van der Waals surface area contributed by atoms with Gasteiger partial charge in [0.25, 0.3) is 5.91 Å². The Morgan fingerprint density at radius 3 is 2.56 bits per heavy atom. The molecule has 1 fully saturated rings. The molecule has 27 heavy (non-hydrogen) atoms. The zero-order valence-corrected chi connectivity index (χ0v) is 15.3. The number of hydrogen-bond donors (Lipinski definition) is 0. The van der Waals surface area contributed by atoms with Gasteiger partial charge in [-0.1, -0.05) is 30.3 Å². The van der Waals surface area contributed by atoms with Crippen molar-refractivity contribution in [2.24, 2.45) is 0 Å². The molecule has 1 aliphatic heterocycles. The van der Waals surface area contributed by atoms with Gasteiger partial charge in [-0.3, -0.25) is 9.59 Å². The zero-order valence-electron chi connectivity index (χ0n) is 15.3. The molecular formula is C22H23N3O2. The average Bonchev–Trinajstić information content (AvgIpc) is 3.16. The maximum atomic E-state index is 12.9. The molecule has 0 aliphatic carbocycles. The van der Waals surface area contributed by atoms with Crippen molar-refractivity contribution in [3.05, 3.63) is 71.5 Å². The Morgan fingerprint density at radius 2 is 1.78 bits per heavy atom. The molecule has 5 nitrogen and oxygen atoms in total. The number of benzene rings is 1. The lowest BCUT2D eigenvalue weighted by atomic mass is 10.0. The molecule has 0 saturated carbocycles. The first-order valence-electron chi connectivity index (χ1n) is 9.56. The highest BCUT2D eigenvalue weighted by Gasteiger charge is 2.21. The van der Waals surface area contributed by atoms with Gasteiger partial charge in [0, 0.05) is 31.3 Å². The Hall–Kier alpha value is -2.95. The molecule has 3 aromatic rings. The molecule has 0 bridgehead atoms. The lowest BCUT2D eigenvalue weighted by molar-refractivity contribution is 0.0726. The molecule has 138 valence electrons. The first-order chi connectivity index (χ1) is 13.2. The Kier molecular flexibility index (Phi) is 5.01. The molecule has 4 rings (SSSR count). The lowest BCUT2D eigenvalue weighted by Gasteiger charge is -2.26. The minimum atomic E-state index is 0.0576. The number of nitrogens with zero attached hydrogens (tertiary/aromatic N) is 3. The van der Waals surface area contributed by atoms with E-state index in [9.17, 15) is 9.59 Å². The summed E-state index contributed by atoms with van der Waals surface area (Å²) in [6.07, 6.45) is 7.94. The van der Waals surface area contributed by atoms with Crippen LogP contribution >= 0.6 is 0 Å². The number of likely N-dealkylation sites (tertiary alicyclic amines) is 1. The van der Waals surface area contributed by atoms with Gasteiger partial charge in [-0.2, -0.15) is 5.10 Å². The number of aryl methyl sites for hydroxylation is 1. The lowest BCUT2D eigenvalue weighted by Crippen LogP contribution is -2.35. The third-order valence-corrected chi connectivity index (χ3v) is 5.20. The molecule has 0 spiro atoms. The summed E-state index contributed by atoms with van der Waals surface area (Å²) in [7, 11) is 0. The molecule has 1 aromatic carbocycles. The predicted molar refractivity (Wildman–Crippen MR) is 104 cm³/mol. The Bertz CT molecular complexity index is 956. The number of amides is 1. The highest BCUT2D eigenvalue weighted by atomic mass is 16.2. The highest BCUT2D eigenvalue weighted by Crippen LogP contribution is 2.19. The predicted octanol–water partition coefficient (Wildman–Crippen LogP) is 3.78. The van der Waals surface area contributed by atoms with E-state index in [4.69, 9.17) is 0 Å². The van der Waals surface area contributed by atoms with Crippen molar-refractivity contribution in [1.82, 2.24) is 14.5 Å². The van der Waals surface area contributed by atoms with Gasteiger partial charge in [-0.25, -0.2) is 4.52 Å². The number of Topliss-reactive ketones (excluding diaryl/α,β-unsaturated/α-hetero) is 1. The van der Waals surface area contributed by atoms with Crippen LogP contribution in [-0.4, -0.2) is 39.3 Å². The SMILES string of the molecule is O=C(CCc1ccn2ncc(C(=O)N3CCCCC3)c2c1)c1ccccc1. The number of pyridine rings is 1. The number of carbonyl (C=O) groups is 2. The van der Waals surface area contributed by atoms with Crippen LogP contribution in [0.15, 0.2) is 54.9 Å². The van der Waals surface area contributed by atoms with E-state index in [-0.39, 0.29) is 11.7 Å². The van der Waals surface area contributed by atoms with E-state index >= 15 is 0 Å². The molecule has 0 unspecified atom stereocenters. The van der Waals surface area contributed by atoms with Crippen molar-refractivity contribution in [2.75, 3.05) is 13.1 Å². The van der Waals surface area contributed by atoms with E-state index in [0.29, 0.717) is 18.4 Å². The van der Waals surface area contributed by atoms with Gasteiger partial charge >= 0.3 is 0 Å². The van der Waals surface area contributed by atoms with Gasteiger partial charge < -0.3 is 4.90 Å². The molecule has 1 amide bonds. The monoisotopic (exact) mass is 361 g/mol. The summed E-state index contributed by atoms with van der Waals surface area (Å²) in [5, 5.41) is 4.32. The smallest absolute Gasteiger partial charge is 0.257 e. The second kappa shape index (κ2) is 7.74. The van der Waals surface area contributed by atoms with Gasteiger partial charge in [0.05, 0.1) is 17.3 Å². The van der Waals surface area contributed by atoms with Gasteiger partial charge in [-0.15, -0.1) is 0 Å². The summed E-state index contributed by atoms with van der Waals surface area (Å²) in [5.74, 6) is 0.191. The van der Waals surface area contributed by atoms with Crippen molar-refractivity contribution < 1.29 is 9.59 Å². The summed E-state index contributed by atoms with van der Waals surface area (Å²) in [6.45, 7) is 1.64. The Morgan fingerprint density at radius 1 is 1.00 bits per heavy atom. The normalized spacial score (nSPS) is 14.4. The molecule has 0 N–H and O–H groups in total. The molecule has 5 heteroatoms. The summed E-state index contributed by atoms with van der Waals surface area (Å²) in [5.41, 5.74) is 3.24. The first-order valence-corrected chi connectivity index (χ1v) is 9.56. The van der Waals surface area contributed by atoms with Crippen LogP contribution in [0, 0.1) is 0 Å². The Balaban J connectivity index is 1.51. The van der Waals surface area contributed by atoms with Crippen LogP contribution in [0.5, 0.6) is 0 Å². The number of rotatable bonds is 5. The standard InChI is InChI=1S/C22H23N3O2/c26-21(18-7-3-1-4-8-18)10-9-17-11-14-25-20(15-17)19(16-23-25)22(27)24-12-5-2-6-13-24/h1,3-4,7-8,11,14-16H,2,5-6,9-10,12-13H2. The van der Waals surface area contributed by atoms with Crippen LogP contribution in [0.1, 0.15) is 52.0 Å². The van der Waals surface area contributed by atoms with Gasteiger partial charge in [0.2, 0.25) is 0 Å². The summed E-state index contributed by atoms with van der Waals surface area (Å²) >= 11 is 0. The quantitative estimate of drug-likeness (QED) is 0.650. The largest absolute Gasteiger partial charge is 0.339 e. The first kappa shape index (κ1) is 17.5. The average molecular weight is 361 g/mol. The van der Waals surface area contributed by atoms with E-state index in [1.54, 1.807) is 10.7 Å². The van der Waals surface area contributed by atoms with Crippen molar-refractivity contribution >= 4 is 17.2 Å². The van der Waals surface area contributed by atoms with Crippen LogP contribution in [0.3, 0.4) is 0 Å². The molecule has 0 radical (unpaired) electrons. The zero-order chi connectivity index (χ0) is 18.6. The van der Waals surface area contributed by atoms with E-state index in [0.717, 1.165) is 42.6 Å². The fourth-order valence-corrected chi connectivity index (χ4v) is 3.64. The minimum Gasteiger partial charge on any atom is -0.339 e. The van der Waals surface area contributed by atoms with E-state index in [2.05, 4.69) is 5.10 Å². The minimum absolute atomic E-state index is 0.0576. The second-order valence-corrected chi connectivity index (χ2v) is 7.07. The highest BCUT2D eigenvalue weighted by molar-refractivity contribution is 6.00. The van der Waals surface area contributed by atoms with Gasteiger partial charge in [0.15, 0.2) is 5.78 Å². The Labute approximate surface area is 158 Å². The molecule has 3 heterocycles. The number of fused-ring (bicyclic) bond motifs is 1. The van der Waals surface area contributed by atoms with Gasteiger partial charge in [-0.05, 0) is 43.4 Å². The van der Waals surface area contributed by atoms with Gasteiger partial charge in [0.1, 0.15) is 0 Å². The van der Waals surface area contributed by atoms with Crippen LogP contribution in [0.2, 0.25) is 0 Å².